The third-order valence-corrected chi connectivity index (χ3v) is 6.20. The van der Waals surface area contributed by atoms with Crippen LogP contribution < -0.4 is 0 Å². The van der Waals surface area contributed by atoms with Crippen LogP contribution in [0.1, 0.15) is 96.8 Å². The molecule has 0 aliphatic carbocycles. The van der Waals surface area contributed by atoms with Crippen LogP contribution in [0.15, 0.2) is 0 Å². The Morgan fingerprint density at radius 1 is 0.844 bits per heavy atom. The fourth-order valence-corrected chi connectivity index (χ4v) is 4.05. The van der Waals surface area contributed by atoms with Crippen LogP contribution in [0.3, 0.4) is 0 Å². The highest BCUT2D eigenvalue weighted by atomic mass is 16.5. The Labute approximate surface area is 192 Å². The van der Waals surface area contributed by atoms with E-state index in [1.165, 1.54) is 51.4 Å². The second kappa shape index (κ2) is 17.7. The van der Waals surface area contributed by atoms with E-state index in [9.17, 15) is 30.3 Å². The highest BCUT2D eigenvalue weighted by molar-refractivity contribution is 5.69. The van der Waals surface area contributed by atoms with Crippen molar-refractivity contribution >= 4 is 5.97 Å². The number of hydrogen-bond donors (Lipinski definition) is 5. The lowest BCUT2D eigenvalue weighted by Crippen LogP contribution is -2.58. The predicted octanol–water partition coefficient (Wildman–Crippen LogP) is 2.21. The van der Waals surface area contributed by atoms with Crippen LogP contribution in [0.5, 0.6) is 0 Å². The summed E-state index contributed by atoms with van der Waals surface area (Å²) in [6.45, 7) is 1.61. The molecule has 1 aliphatic heterocycles. The molecule has 8 heteroatoms. The number of ether oxygens (including phenoxy) is 2. The molecule has 5 N–H and O–H groups in total. The van der Waals surface area contributed by atoms with Crippen LogP contribution >= 0.6 is 0 Å². The maximum Gasteiger partial charge on any atom is 0.305 e. The Balaban J connectivity index is 2.03. The minimum atomic E-state index is -1.42. The summed E-state index contributed by atoms with van der Waals surface area (Å²) in [5.41, 5.74) is 0. The van der Waals surface area contributed by atoms with Crippen molar-refractivity contribution in [3.8, 4) is 0 Å². The highest BCUT2D eigenvalue weighted by Gasteiger charge is 2.43. The van der Waals surface area contributed by atoms with E-state index in [1.807, 2.05) is 0 Å². The van der Waals surface area contributed by atoms with Crippen LogP contribution in [0, 0.1) is 0 Å². The van der Waals surface area contributed by atoms with Gasteiger partial charge in [0.1, 0.15) is 31.0 Å². The van der Waals surface area contributed by atoms with Gasteiger partial charge in [-0.25, -0.2) is 0 Å². The van der Waals surface area contributed by atoms with Crippen LogP contribution in [-0.2, 0) is 14.3 Å². The molecule has 0 saturated carbocycles. The average Bonchev–Trinajstić information content (AvgIpc) is 2.79. The SMILES string of the molecule is CCCCCCCCCCCCCC(=O)OCC(O)CCC1OC(CO)C(O)C(O)C1O. The summed E-state index contributed by atoms with van der Waals surface area (Å²) in [5, 5.41) is 48.8. The first kappa shape index (κ1) is 29.3. The summed E-state index contributed by atoms with van der Waals surface area (Å²) in [6, 6.07) is 0. The number of aliphatic hydroxyl groups excluding tert-OH is 5. The topological polar surface area (TPSA) is 137 Å². The first-order chi connectivity index (χ1) is 15.4. The van der Waals surface area contributed by atoms with Crippen molar-refractivity contribution < 1.29 is 39.8 Å². The van der Waals surface area contributed by atoms with Crippen molar-refractivity contribution in [2.75, 3.05) is 13.2 Å². The third kappa shape index (κ3) is 11.9. The normalized spacial score (nSPS) is 26.8. The summed E-state index contributed by atoms with van der Waals surface area (Å²) in [5.74, 6) is -0.326. The molecule has 0 radical (unpaired) electrons. The maximum absolute atomic E-state index is 11.8. The van der Waals surface area contributed by atoms with Gasteiger partial charge in [0.2, 0.25) is 0 Å². The van der Waals surface area contributed by atoms with Gasteiger partial charge in [-0.3, -0.25) is 4.79 Å². The highest BCUT2D eigenvalue weighted by Crippen LogP contribution is 2.24. The van der Waals surface area contributed by atoms with Crippen molar-refractivity contribution in [3.05, 3.63) is 0 Å². The molecule has 0 bridgehead atoms. The largest absolute Gasteiger partial charge is 0.463 e. The van der Waals surface area contributed by atoms with E-state index in [0.29, 0.717) is 6.42 Å². The Morgan fingerprint density at radius 3 is 1.94 bits per heavy atom. The number of rotatable bonds is 18. The van der Waals surface area contributed by atoms with Gasteiger partial charge in [0.25, 0.3) is 0 Å². The molecule has 32 heavy (non-hydrogen) atoms. The van der Waals surface area contributed by atoms with Crippen LogP contribution in [0.2, 0.25) is 0 Å². The van der Waals surface area contributed by atoms with Gasteiger partial charge in [-0.15, -0.1) is 0 Å². The second-order valence-corrected chi connectivity index (χ2v) is 9.07. The molecule has 0 spiro atoms. The van der Waals surface area contributed by atoms with Gasteiger partial charge in [0.15, 0.2) is 0 Å². The molecule has 1 saturated heterocycles. The molecule has 1 fully saturated rings. The standard InChI is InChI=1S/C24H46O8/c1-2-3-4-5-6-7-8-9-10-11-12-13-21(27)31-17-18(26)14-15-19-22(28)24(30)23(29)20(16-25)32-19/h18-20,22-26,28-30H,2-17H2,1H3. The van der Waals surface area contributed by atoms with Gasteiger partial charge in [-0.2, -0.15) is 0 Å². The smallest absolute Gasteiger partial charge is 0.305 e. The molecular formula is C24H46O8. The Hall–Kier alpha value is -0.770. The summed E-state index contributed by atoms with van der Waals surface area (Å²) in [4.78, 5) is 11.8. The molecule has 190 valence electrons. The van der Waals surface area contributed by atoms with Gasteiger partial charge in [0, 0.05) is 6.42 Å². The zero-order valence-corrected chi connectivity index (χ0v) is 19.7. The Morgan fingerprint density at radius 2 is 1.38 bits per heavy atom. The fraction of sp³-hybridized carbons (Fsp3) is 0.958. The van der Waals surface area contributed by atoms with Crippen molar-refractivity contribution in [2.24, 2.45) is 0 Å². The van der Waals surface area contributed by atoms with Crippen molar-refractivity contribution in [3.63, 3.8) is 0 Å². The molecule has 1 heterocycles. The van der Waals surface area contributed by atoms with E-state index in [-0.39, 0.29) is 25.4 Å². The lowest BCUT2D eigenvalue weighted by molar-refractivity contribution is -0.231. The van der Waals surface area contributed by atoms with Crippen molar-refractivity contribution in [1.82, 2.24) is 0 Å². The van der Waals surface area contributed by atoms with Gasteiger partial charge in [-0.1, -0.05) is 71.1 Å². The monoisotopic (exact) mass is 462 g/mol. The van der Waals surface area contributed by atoms with Crippen molar-refractivity contribution in [1.29, 1.82) is 0 Å². The predicted molar refractivity (Wildman–Crippen MR) is 121 cm³/mol. The molecule has 1 rings (SSSR count). The van der Waals surface area contributed by atoms with Crippen LogP contribution in [-0.4, -0.2) is 81.3 Å². The number of hydrogen-bond acceptors (Lipinski definition) is 8. The quantitative estimate of drug-likeness (QED) is 0.154. The van der Waals surface area contributed by atoms with E-state index >= 15 is 0 Å². The molecule has 0 amide bonds. The number of esters is 1. The Kier molecular flexibility index (Phi) is 16.2. The lowest BCUT2D eigenvalue weighted by atomic mass is 9.92. The van der Waals surface area contributed by atoms with E-state index < -0.39 is 43.2 Å². The minimum Gasteiger partial charge on any atom is -0.463 e. The van der Waals surface area contributed by atoms with E-state index in [2.05, 4.69) is 6.92 Å². The summed E-state index contributed by atoms with van der Waals surface area (Å²) in [6.07, 6.45) is 7.21. The first-order valence-corrected chi connectivity index (χ1v) is 12.5. The third-order valence-electron chi connectivity index (χ3n) is 6.20. The number of carbonyl (C=O) groups is 1. The molecule has 0 aromatic heterocycles. The zero-order chi connectivity index (χ0) is 23.8. The zero-order valence-electron chi connectivity index (χ0n) is 19.7. The second-order valence-electron chi connectivity index (χ2n) is 9.07. The molecule has 6 atom stereocenters. The molecular weight excluding hydrogens is 416 g/mol. The summed E-state index contributed by atoms with van der Waals surface area (Å²) in [7, 11) is 0. The van der Waals surface area contributed by atoms with Crippen LogP contribution in [0.4, 0.5) is 0 Å². The lowest BCUT2D eigenvalue weighted by Gasteiger charge is -2.40. The number of aliphatic hydroxyl groups is 5. The van der Waals surface area contributed by atoms with Gasteiger partial charge in [0.05, 0.1) is 18.8 Å². The molecule has 6 unspecified atom stereocenters. The van der Waals surface area contributed by atoms with Gasteiger partial charge >= 0.3 is 5.97 Å². The van der Waals surface area contributed by atoms with E-state index in [0.717, 1.165) is 19.3 Å². The van der Waals surface area contributed by atoms with Gasteiger partial charge < -0.3 is 35.0 Å². The average molecular weight is 463 g/mol. The summed E-state index contributed by atoms with van der Waals surface area (Å²) >= 11 is 0. The minimum absolute atomic E-state index is 0.131. The van der Waals surface area contributed by atoms with Gasteiger partial charge in [-0.05, 0) is 19.3 Å². The van der Waals surface area contributed by atoms with Crippen molar-refractivity contribution in [2.45, 2.75) is 133 Å². The first-order valence-electron chi connectivity index (χ1n) is 12.5. The Bertz CT molecular complexity index is 473. The maximum atomic E-state index is 11.8. The molecule has 1 aliphatic rings. The number of carbonyl (C=O) groups excluding carboxylic acids is 1. The molecule has 8 nitrogen and oxygen atoms in total. The fourth-order valence-electron chi connectivity index (χ4n) is 4.05. The van der Waals surface area contributed by atoms with Crippen LogP contribution in [0.25, 0.3) is 0 Å². The molecule has 0 aromatic rings. The van der Waals surface area contributed by atoms with E-state index in [4.69, 9.17) is 9.47 Å². The van der Waals surface area contributed by atoms with E-state index in [1.54, 1.807) is 0 Å². The number of unbranched alkanes of at least 4 members (excludes halogenated alkanes) is 10. The summed E-state index contributed by atoms with van der Waals surface area (Å²) < 4.78 is 10.5. The molecule has 0 aromatic carbocycles.